The summed E-state index contributed by atoms with van der Waals surface area (Å²) >= 11 is 0. The number of aromatic amines is 1. The Bertz CT molecular complexity index is 682. The lowest BCUT2D eigenvalue weighted by Crippen LogP contribution is -2.17. The first-order chi connectivity index (χ1) is 10.1. The predicted molar refractivity (Wildman–Crippen MR) is 75.4 cm³/mol. The molecule has 0 bridgehead atoms. The van der Waals surface area contributed by atoms with Crippen LogP contribution in [0.3, 0.4) is 0 Å². The van der Waals surface area contributed by atoms with E-state index in [1.807, 2.05) is 0 Å². The van der Waals surface area contributed by atoms with Gasteiger partial charge in [-0.1, -0.05) is 6.07 Å². The molecule has 1 aliphatic rings. The standard InChI is InChI=1S/C15H16FN3O2/c1-9-6-11(16)3-2-10(9)7-14(20)17-15-12-8-21-5-4-13(12)18-19-15/h2-3,6H,4-5,7-8H2,1H3,(H2,17,18,19,20). The second kappa shape index (κ2) is 5.65. The quantitative estimate of drug-likeness (QED) is 0.909. The van der Waals surface area contributed by atoms with Crippen molar-refractivity contribution in [3.05, 3.63) is 46.4 Å². The number of nitrogens with zero attached hydrogens (tertiary/aromatic N) is 1. The van der Waals surface area contributed by atoms with Crippen LogP contribution >= 0.6 is 0 Å². The van der Waals surface area contributed by atoms with Gasteiger partial charge in [-0.15, -0.1) is 0 Å². The number of hydrogen-bond donors (Lipinski definition) is 2. The molecule has 2 N–H and O–H groups in total. The molecule has 0 atom stereocenters. The van der Waals surface area contributed by atoms with Crippen LogP contribution in [0.25, 0.3) is 0 Å². The van der Waals surface area contributed by atoms with Crippen molar-refractivity contribution in [3.63, 3.8) is 0 Å². The second-order valence-electron chi connectivity index (χ2n) is 5.13. The molecule has 110 valence electrons. The van der Waals surface area contributed by atoms with Gasteiger partial charge in [0.1, 0.15) is 5.82 Å². The van der Waals surface area contributed by atoms with E-state index in [0.717, 1.165) is 28.8 Å². The van der Waals surface area contributed by atoms with Gasteiger partial charge in [0.25, 0.3) is 0 Å². The topological polar surface area (TPSA) is 67.0 Å². The lowest BCUT2D eigenvalue weighted by Gasteiger charge is -2.12. The number of H-pyrrole nitrogens is 1. The highest BCUT2D eigenvalue weighted by molar-refractivity contribution is 5.92. The Kier molecular flexibility index (Phi) is 3.70. The van der Waals surface area contributed by atoms with E-state index < -0.39 is 0 Å². The van der Waals surface area contributed by atoms with Crippen LogP contribution < -0.4 is 5.32 Å². The Morgan fingerprint density at radius 3 is 3.19 bits per heavy atom. The second-order valence-corrected chi connectivity index (χ2v) is 5.13. The number of anilines is 1. The molecule has 0 spiro atoms. The highest BCUT2D eigenvalue weighted by atomic mass is 19.1. The zero-order chi connectivity index (χ0) is 14.8. The Morgan fingerprint density at radius 2 is 2.38 bits per heavy atom. The maximum atomic E-state index is 13.1. The first kappa shape index (κ1) is 13.8. The molecule has 6 heteroatoms. The van der Waals surface area contributed by atoms with Crippen molar-refractivity contribution < 1.29 is 13.9 Å². The van der Waals surface area contributed by atoms with Crippen molar-refractivity contribution in [2.75, 3.05) is 11.9 Å². The number of carbonyl (C=O) groups excluding carboxylic acids is 1. The molecule has 1 aliphatic heterocycles. The molecule has 0 fully saturated rings. The molecule has 2 aromatic rings. The number of nitrogens with one attached hydrogen (secondary N) is 2. The largest absolute Gasteiger partial charge is 0.376 e. The summed E-state index contributed by atoms with van der Waals surface area (Å²) in [6.45, 7) is 2.91. The molecule has 1 aromatic heterocycles. The van der Waals surface area contributed by atoms with Gasteiger partial charge in [-0.3, -0.25) is 9.89 Å². The first-order valence-corrected chi connectivity index (χ1v) is 6.82. The summed E-state index contributed by atoms with van der Waals surface area (Å²) in [5.74, 6) is 0.0502. The number of aromatic nitrogens is 2. The maximum absolute atomic E-state index is 13.1. The number of carbonyl (C=O) groups is 1. The SMILES string of the molecule is Cc1cc(F)ccc1CC(=O)Nc1n[nH]c2c1COCC2. The number of halogens is 1. The molecule has 0 aliphatic carbocycles. The van der Waals surface area contributed by atoms with Crippen molar-refractivity contribution in [1.82, 2.24) is 10.2 Å². The molecule has 0 radical (unpaired) electrons. The van der Waals surface area contributed by atoms with Gasteiger partial charge in [0.15, 0.2) is 5.82 Å². The highest BCUT2D eigenvalue weighted by Crippen LogP contribution is 2.22. The van der Waals surface area contributed by atoms with Gasteiger partial charge in [-0.2, -0.15) is 5.10 Å². The van der Waals surface area contributed by atoms with Crippen LogP contribution in [0, 0.1) is 12.7 Å². The van der Waals surface area contributed by atoms with Gasteiger partial charge >= 0.3 is 0 Å². The predicted octanol–water partition coefficient (Wildman–Crippen LogP) is 2.11. The fourth-order valence-corrected chi connectivity index (χ4v) is 2.42. The smallest absolute Gasteiger partial charge is 0.230 e. The minimum Gasteiger partial charge on any atom is -0.376 e. The Balaban J connectivity index is 1.70. The molecule has 2 heterocycles. The fraction of sp³-hybridized carbons (Fsp3) is 0.333. The van der Waals surface area contributed by atoms with Gasteiger partial charge in [0, 0.05) is 17.7 Å². The Morgan fingerprint density at radius 1 is 1.52 bits per heavy atom. The molecular formula is C15H16FN3O2. The average Bonchev–Trinajstić information content (AvgIpc) is 2.85. The summed E-state index contributed by atoms with van der Waals surface area (Å²) in [4.78, 5) is 12.1. The number of fused-ring (bicyclic) bond motifs is 1. The summed E-state index contributed by atoms with van der Waals surface area (Å²) in [6, 6.07) is 4.42. The minimum absolute atomic E-state index is 0.176. The van der Waals surface area contributed by atoms with E-state index in [2.05, 4.69) is 15.5 Å². The molecule has 1 aromatic carbocycles. The van der Waals surface area contributed by atoms with E-state index in [4.69, 9.17) is 4.74 Å². The minimum atomic E-state index is -0.296. The lowest BCUT2D eigenvalue weighted by molar-refractivity contribution is -0.115. The van der Waals surface area contributed by atoms with Crippen LogP contribution in [0.4, 0.5) is 10.2 Å². The molecular weight excluding hydrogens is 273 g/mol. The number of rotatable bonds is 3. The van der Waals surface area contributed by atoms with Crippen LogP contribution in [0.1, 0.15) is 22.4 Å². The van der Waals surface area contributed by atoms with Gasteiger partial charge in [-0.05, 0) is 30.2 Å². The van der Waals surface area contributed by atoms with Gasteiger partial charge < -0.3 is 10.1 Å². The van der Waals surface area contributed by atoms with Crippen molar-refractivity contribution in [2.24, 2.45) is 0 Å². The Labute approximate surface area is 121 Å². The zero-order valence-electron chi connectivity index (χ0n) is 11.7. The van der Waals surface area contributed by atoms with E-state index in [1.54, 1.807) is 13.0 Å². The van der Waals surface area contributed by atoms with Crippen LogP contribution in [0.15, 0.2) is 18.2 Å². The summed E-state index contributed by atoms with van der Waals surface area (Å²) < 4.78 is 18.4. The summed E-state index contributed by atoms with van der Waals surface area (Å²) in [6.07, 6.45) is 0.962. The Hall–Kier alpha value is -2.21. The maximum Gasteiger partial charge on any atom is 0.230 e. The van der Waals surface area contributed by atoms with Crippen molar-refractivity contribution in [2.45, 2.75) is 26.4 Å². The highest BCUT2D eigenvalue weighted by Gasteiger charge is 2.19. The van der Waals surface area contributed by atoms with E-state index >= 15 is 0 Å². The summed E-state index contributed by atoms with van der Waals surface area (Å²) in [5, 5.41) is 9.82. The molecule has 3 rings (SSSR count). The van der Waals surface area contributed by atoms with E-state index in [0.29, 0.717) is 19.0 Å². The zero-order valence-corrected chi connectivity index (χ0v) is 11.7. The summed E-state index contributed by atoms with van der Waals surface area (Å²) in [7, 11) is 0. The van der Waals surface area contributed by atoms with E-state index in [1.165, 1.54) is 12.1 Å². The van der Waals surface area contributed by atoms with Crippen LogP contribution in [0.2, 0.25) is 0 Å². The molecule has 0 saturated carbocycles. The lowest BCUT2D eigenvalue weighted by atomic mass is 10.1. The number of aryl methyl sites for hydroxylation is 1. The third-order valence-corrected chi connectivity index (χ3v) is 3.61. The molecule has 0 saturated heterocycles. The number of ether oxygens (including phenoxy) is 1. The number of benzene rings is 1. The van der Waals surface area contributed by atoms with Crippen molar-refractivity contribution in [3.8, 4) is 0 Å². The van der Waals surface area contributed by atoms with E-state index in [9.17, 15) is 9.18 Å². The van der Waals surface area contributed by atoms with Crippen LogP contribution in [-0.4, -0.2) is 22.7 Å². The van der Waals surface area contributed by atoms with Crippen molar-refractivity contribution >= 4 is 11.7 Å². The van der Waals surface area contributed by atoms with Crippen molar-refractivity contribution in [1.29, 1.82) is 0 Å². The molecule has 0 unspecified atom stereocenters. The fourth-order valence-electron chi connectivity index (χ4n) is 2.42. The van der Waals surface area contributed by atoms with Gasteiger partial charge in [-0.25, -0.2) is 4.39 Å². The van der Waals surface area contributed by atoms with Gasteiger partial charge in [0.2, 0.25) is 5.91 Å². The third kappa shape index (κ3) is 2.95. The number of amides is 1. The number of hydrogen-bond acceptors (Lipinski definition) is 3. The normalized spacial score (nSPS) is 13.8. The average molecular weight is 289 g/mol. The molecule has 21 heavy (non-hydrogen) atoms. The van der Waals surface area contributed by atoms with E-state index in [-0.39, 0.29) is 18.1 Å². The van der Waals surface area contributed by atoms with Crippen LogP contribution in [0.5, 0.6) is 0 Å². The van der Waals surface area contributed by atoms with Gasteiger partial charge in [0.05, 0.1) is 19.6 Å². The summed E-state index contributed by atoms with van der Waals surface area (Å²) in [5.41, 5.74) is 3.48. The molecule has 5 nitrogen and oxygen atoms in total. The molecule has 1 amide bonds. The third-order valence-electron chi connectivity index (χ3n) is 3.61. The monoisotopic (exact) mass is 289 g/mol. The van der Waals surface area contributed by atoms with Crippen LogP contribution in [-0.2, 0) is 29.0 Å². The first-order valence-electron chi connectivity index (χ1n) is 6.82.